The molecule has 5 nitrogen and oxygen atoms in total. The Labute approximate surface area is 130 Å². The Kier molecular flexibility index (Phi) is 4.24. The second kappa shape index (κ2) is 5.94. The largest absolute Gasteiger partial charge is 0.456 e. The van der Waals surface area contributed by atoms with E-state index in [4.69, 9.17) is 10.00 Å². The van der Waals surface area contributed by atoms with Crippen LogP contribution >= 0.6 is 15.9 Å². The Bertz CT molecular complexity index is 766. The van der Waals surface area contributed by atoms with Crippen molar-refractivity contribution < 1.29 is 9.66 Å². The minimum Gasteiger partial charge on any atom is -0.456 e. The third kappa shape index (κ3) is 3.20. The Balaban J connectivity index is 2.46. The van der Waals surface area contributed by atoms with E-state index in [2.05, 4.69) is 22.0 Å². The lowest BCUT2D eigenvalue weighted by molar-refractivity contribution is -0.385. The molecule has 0 heterocycles. The fourth-order valence-corrected chi connectivity index (χ4v) is 2.21. The zero-order chi connectivity index (χ0) is 15.6. The third-order valence-corrected chi connectivity index (χ3v) is 3.47. The highest BCUT2D eigenvalue weighted by atomic mass is 79.9. The second-order valence-electron chi connectivity index (χ2n) is 4.52. The average Bonchev–Trinajstić information content (AvgIpc) is 2.42. The fraction of sp³-hybridized carbons (Fsp3) is 0.133. The van der Waals surface area contributed by atoms with E-state index in [0.717, 1.165) is 4.47 Å². The van der Waals surface area contributed by atoms with Gasteiger partial charge in [-0.05, 0) is 43.7 Å². The first kappa shape index (κ1) is 15.0. The maximum absolute atomic E-state index is 10.9. The predicted molar refractivity (Wildman–Crippen MR) is 81.5 cm³/mol. The summed E-state index contributed by atoms with van der Waals surface area (Å²) in [5, 5.41) is 20.0. The van der Waals surface area contributed by atoms with Crippen LogP contribution in [0, 0.1) is 35.3 Å². The summed E-state index contributed by atoms with van der Waals surface area (Å²) in [5.41, 5.74) is 1.59. The summed E-state index contributed by atoms with van der Waals surface area (Å²) in [4.78, 5) is 10.5. The zero-order valence-corrected chi connectivity index (χ0v) is 13.0. The lowest BCUT2D eigenvalue weighted by Crippen LogP contribution is -1.96. The topological polar surface area (TPSA) is 76.2 Å². The van der Waals surface area contributed by atoms with Gasteiger partial charge in [-0.1, -0.05) is 15.9 Å². The number of nitro benzene ring substituents is 1. The predicted octanol–water partition coefficient (Wildman–Crippen LogP) is 4.64. The van der Waals surface area contributed by atoms with Crippen molar-refractivity contribution in [1.29, 1.82) is 5.26 Å². The number of nitrogens with zero attached hydrogens (tertiary/aromatic N) is 2. The smallest absolute Gasteiger partial charge is 0.272 e. The van der Waals surface area contributed by atoms with Crippen molar-refractivity contribution in [2.45, 2.75) is 13.8 Å². The van der Waals surface area contributed by atoms with Crippen LogP contribution in [0.5, 0.6) is 11.5 Å². The molecular weight excluding hydrogens is 336 g/mol. The summed E-state index contributed by atoms with van der Waals surface area (Å²) in [5.74, 6) is 0.899. The molecule has 0 amide bonds. The van der Waals surface area contributed by atoms with E-state index < -0.39 is 4.92 Å². The number of hydrogen-bond donors (Lipinski definition) is 0. The third-order valence-electron chi connectivity index (χ3n) is 2.97. The van der Waals surface area contributed by atoms with E-state index >= 15 is 0 Å². The van der Waals surface area contributed by atoms with Gasteiger partial charge in [0.2, 0.25) is 0 Å². The Hall–Kier alpha value is -2.39. The highest BCUT2D eigenvalue weighted by Gasteiger charge is 2.15. The molecule has 6 heteroatoms. The molecule has 2 aromatic rings. The summed E-state index contributed by atoms with van der Waals surface area (Å²) in [6.45, 7) is 3.38. The van der Waals surface area contributed by atoms with Crippen molar-refractivity contribution in [2.24, 2.45) is 0 Å². The van der Waals surface area contributed by atoms with Crippen LogP contribution in [0.2, 0.25) is 0 Å². The summed E-state index contributed by atoms with van der Waals surface area (Å²) in [6, 6.07) is 10.2. The van der Waals surface area contributed by atoms with Gasteiger partial charge >= 0.3 is 0 Å². The van der Waals surface area contributed by atoms with E-state index in [1.54, 1.807) is 38.1 Å². The number of hydrogen-bond acceptors (Lipinski definition) is 4. The monoisotopic (exact) mass is 346 g/mol. The van der Waals surface area contributed by atoms with Gasteiger partial charge in [0.1, 0.15) is 17.6 Å². The van der Waals surface area contributed by atoms with Gasteiger partial charge in [0.25, 0.3) is 5.69 Å². The standard InChI is InChI=1S/C15H11BrN2O3/c1-9-6-14(10(2)5-13(9)18(19)20)21-15-7-12(16)4-3-11(15)8-17/h3-7H,1-2H3. The second-order valence-corrected chi connectivity index (χ2v) is 5.43. The average molecular weight is 347 g/mol. The van der Waals surface area contributed by atoms with Crippen LogP contribution in [0.15, 0.2) is 34.8 Å². The van der Waals surface area contributed by atoms with Crippen LogP contribution in [-0.4, -0.2) is 4.92 Å². The highest BCUT2D eigenvalue weighted by Crippen LogP contribution is 2.33. The molecule has 0 bridgehead atoms. The molecule has 106 valence electrons. The molecule has 0 N–H and O–H groups in total. The van der Waals surface area contributed by atoms with Crippen LogP contribution in [0.25, 0.3) is 0 Å². The molecule has 2 rings (SSSR count). The molecule has 0 radical (unpaired) electrons. The molecule has 0 saturated carbocycles. The maximum Gasteiger partial charge on any atom is 0.272 e. The highest BCUT2D eigenvalue weighted by molar-refractivity contribution is 9.10. The fourth-order valence-electron chi connectivity index (χ4n) is 1.87. The molecule has 0 saturated heterocycles. The zero-order valence-electron chi connectivity index (χ0n) is 11.4. The minimum absolute atomic E-state index is 0.0506. The number of nitro groups is 1. The van der Waals surface area contributed by atoms with Crippen LogP contribution in [-0.2, 0) is 0 Å². The summed E-state index contributed by atoms with van der Waals surface area (Å²) >= 11 is 3.32. The first-order valence-electron chi connectivity index (χ1n) is 6.05. The van der Waals surface area contributed by atoms with Gasteiger partial charge in [0, 0.05) is 16.1 Å². The summed E-state index contributed by atoms with van der Waals surface area (Å²) < 4.78 is 6.54. The molecule has 0 atom stereocenters. The van der Waals surface area contributed by atoms with Crippen molar-refractivity contribution >= 4 is 21.6 Å². The summed E-state index contributed by atoms with van der Waals surface area (Å²) in [7, 11) is 0. The van der Waals surface area contributed by atoms with Crippen molar-refractivity contribution in [3.05, 3.63) is 61.6 Å². The molecule has 0 aliphatic carbocycles. The normalized spacial score (nSPS) is 10.0. The number of aryl methyl sites for hydroxylation is 2. The van der Waals surface area contributed by atoms with Crippen LogP contribution < -0.4 is 4.74 Å². The molecule has 0 aromatic heterocycles. The number of rotatable bonds is 3. The van der Waals surface area contributed by atoms with Gasteiger partial charge in [-0.2, -0.15) is 5.26 Å². The maximum atomic E-state index is 10.9. The van der Waals surface area contributed by atoms with Gasteiger partial charge < -0.3 is 4.74 Å². The molecule has 0 fully saturated rings. The molecule has 0 spiro atoms. The first-order chi connectivity index (χ1) is 9.92. The van der Waals surface area contributed by atoms with Gasteiger partial charge in [0.15, 0.2) is 0 Å². The van der Waals surface area contributed by atoms with Crippen molar-refractivity contribution in [1.82, 2.24) is 0 Å². The van der Waals surface area contributed by atoms with E-state index in [0.29, 0.717) is 28.2 Å². The SMILES string of the molecule is Cc1cc([N+](=O)[O-])c(C)cc1Oc1cc(Br)ccc1C#N. The number of halogens is 1. The Morgan fingerprint density at radius 1 is 1.19 bits per heavy atom. The first-order valence-corrected chi connectivity index (χ1v) is 6.85. The molecule has 0 aliphatic heterocycles. The number of nitriles is 1. The van der Waals surface area contributed by atoms with Crippen molar-refractivity contribution in [2.75, 3.05) is 0 Å². The number of ether oxygens (including phenoxy) is 1. The number of benzene rings is 2. The van der Waals surface area contributed by atoms with Gasteiger partial charge in [-0.25, -0.2) is 0 Å². The molecule has 0 unspecified atom stereocenters. The van der Waals surface area contributed by atoms with Crippen molar-refractivity contribution in [3.63, 3.8) is 0 Å². The van der Waals surface area contributed by atoms with E-state index in [-0.39, 0.29) is 5.69 Å². The molecule has 0 aliphatic rings. The van der Waals surface area contributed by atoms with Crippen LogP contribution in [0.4, 0.5) is 5.69 Å². The van der Waals surface area contributed by atoms with Crippen LogP contribution in [0.3, 0.4) is 0 Å². The van der Waals surface area contributed by atoms with Gasteiger partial charge in [-0.3, -0.25) is 10.1 Å². The van der Waals surface area contributed by atoms with Crippen molar-refractivity contribution in [3.8, 4) is 17.6 Å². The Morgan fingerprint density at radius 2 is 1.90 bits per heavy atom. The summed E-state index contributed by atoms with van der Waals surface area (Å²) in [6.07, 6.45) is 0. The lowest BCUT2D eigenvalue weighted by atomic mass is 10.1. The van der Waals surface area contributed by atoms with E-state index in [1.807, 2.05) is 0 Å². The molecule has 2 aromatic carbocycles. The van der Waals surface area contributed by atoms with Crippen LogP contribution in [0.1, 0.15) is 16.7 Å². The molecule has 21 heavy (non-hydrogen) atoms. The van der Waals surface area contributed by atoms with Gasteiger partial charge in [-0.15, -0.1) is 0 Å². The lowest BCUT2D eigenvalue weighted by Gasteiger charge is -2.11. The van der Waals surface area contributed by atoms with E-state index in [9.17, 15) is 10.1 Å². The Morgan fingerprint density at radius 3 is 2.52 bits per heavy atom. The van der Waals surface area contributed by atoms with E-state index in [1.165, 1.54) is 6.07 Å². The van der Waals surface area contributed by atoms with Gasteiger partial charge in [0.05, 0.1) is 10.5 Å². The quantitative estimate of drug-likeness (QED) is 0.599. The minimum atomic E-state index is -0.425. The molecular formula is C15H11BrN2O3.